The fraction of sp³-hybridized carbons (Fsp3) is 0.250. The van der Waals surface area contributed by atoms with E-state index >= 15 is 0 Å². The molecular weight excluding hydrogens is 378 g/mol. The normalized spacial score (nSPS) is 10.4. The maximum atomic E-state index is 6.06. The number of halogens is 1. The minimum Gasteiger partial charge on any atom is -0.493 e. The van der Waals surface area contributed by atoms with Gasteiger partial charge in [0.2, 0.25) is 5.95 Å². The van der Waals surface area contributed by atoms with Crippen molar-refractivity contribution in [2.45, 2.75) is 13.3 Å². The van der Waals surface area contributed by atoms with Gasteiger partial charge in [-0.2, -0.15) is 10.1 Å². The van der Waals surface area contributed by atoms with Crippen LogP contribution in [0, 0.1) is 6.92 Å². The number of anilines is 3. The molecule has 0 bridgehead atoms. The SMILES string of the molecule is COc1ccc(CCNc2cnnc(Nc3cc(Cl)ccc3C)n2)cc1OC. The number of aromatic nitrogens is 3. The van der Waals surface area contributed by atoms with Gasteiger partial charge in [0.15, 0.2) is 17.3 Å². The highest BCUT2D eigenvalue weighted by Gasteiger charge is 2.06. The quantitative estimate of drug-likeness (QED) is 0.586. The van der Waals surface area contributed by atoms with Gasteiger partial charge < -0.3 is 20.1 Å². The van der Waals surface area contributed by atoms with Crippen molar-refractivity contribution in [1.29, 1.82) is 0 Å². The van der Waals surface area contributed by atoms with Gasteiger partial charge in [-0.05, 0) is 48.7 Å². The van der Waals surface area contributed by atoms with Crippen molar-refractivity contribution >= 4 is 29.1 Å². The predicted octanol–water partition coefficient (Wildman–Crippen LogP) is 4.25. The molecule has 0 saturated heterocycles. The van der Waals surface area contributed by atoms with Gasteiger partial charge in [-0.25, -0.2) is 0 Å². The van der Waals surface area contributed by atoms with E-state index in [9.17, 15) is 0 Å². The lowest BCUT2D eigenvalue weighted by Crippen LogP contribution is -2.09. The number of aryl methyl sites for hydroxylation is 1. The molecular formula is C20H22ClN5O2. The number of benzene rings is 2. The molecule has 0 aliphatic rings. The Morgan fingerprint density at radius 2 is 1.86 bits per heavy atom. The Morgan fingerprint density at radius 1 is 1.04 bits per heavy atom. The molecule has 7 nitrogen and oxygen atoms in total. The molecule has 2 N–H and O–H groups in total. The topological polar surface area (TPSA) is 81.2 Å². The summed E-state index contributed by atoms with van der Waals surface area (Å²) in [6.45, 7) is 2.67. The average molecular weight is 400 g/mol. The molecule has 0 radical (unpaired) electrons. The highest BCUT2D eigenvalue weighted by atomic mass is 35.5. The zero-order valence-corrected chi connectivity index (χ0v) is 16.7. The van der Waals surface area contributed by atoms with E-state index in [1.165, 1.54) is 0 Å². The molecule has 3 aromatic rings. The summed E-state index contributed by atoms with van der Waals surface area (Å²) in [5, 5.41) is 15.1. The maximum absolute atomic E-state index is 6.06. The van der Waals surface area contributed by atoms with Crippen molar-refractivity contribution in [3.8, 4) is 11.5 Å². The van der Waals surface area contributed by atoms with Crippen molar-refractivity contribution in [2.75, 3.05) is 31.4 Å². The number of hydrogen-bond acceptors (Lipinski definition) is 7. The van der Waals surface area contributed by atoms with E-state index in [0.717, 1.165) is 23.2 Å². The molecule has 0 amide bonds. The van der Waals surface area contributed by atoms with E-state index in [1.807, 2.05) is 43.3 Å². The molecule has 8 heteroatoms. The molecule has 28 heavy (non-hydrogen) atoms. The van der Waals surface area contributed by atoms with Gasteiger partial charge in [-0.3, -0.25) is 0 Å². The molecule has 1 heterocycles. The molecule has 0 spiro atoms. The summed E-state index contributed by atoms with van der Waals surface area (Å²) in [5.41, 5.74) is 3.01. The van der Waals surface area contributed by atoms with Gasteiger partial charge in [0.05, 0.1) is 20.4 Å². The van der Waals surface area contributed by atoms with E-state index < -0.39 is 0 Å². The van der Waals surface area contributed by atoms with Crippen LogP contribution in [0.4, 0.5) is 17.5 Å². The molecule has 2 aromatic carbocycles. The number of methoxy groups -OCH3 is 2. The van der Waals surface area contributed by atoms with E-state index in [1.54, 1.807) is 20.4 Å². The van der Waals surface area contributed by atoms with Gasteiger partial charge in [-0.15, -0.1) is 5.10 Å². The van der Waals surface area contributed by atoms with Crippen LogP contribution < -0.4 is 20.1 Å². The third-order valence-corrected chi connectivity index (χ3v) is 4.41. The Hall–Kier alpha value is -3.06. The van der Waals surface area contributed by atoms with Crippen LogP contribution in [0.1, 0.15) is 11.1 Å². The molecule has 0 unspecified atom stereocenters. The zero-order chi connectivity index (χ0) is 19.9. The van der Waals surface area contributed by atoms with E-state index in [0.29, 0.717) is 34.8 Å². The molecule has 0 aliphatic carbocycles. The molecule has 0 fully saturated rings. The fourth-order valence-electron chi connectivity index (χ4n) is 2.66. The number of hydrogen-bond donors (Lipinski definition) is 2. The zero-order valence-electron chi connectivity index (χ0n) is 16.0. The Bertz CT molecular complexity index is 952. The van der Waals surface area contributed by atoms with Crippen molar-refractivity contribution in [1.82, 2.24) is 15.2 Å². The van der Waals surface area contributed by atoms with Crippen molar-refractivity contribution in [2.24, 2.45) is 0 Å². The minimum absolute atomic E-state index is 0.404. The van der Waals surface area contributed by atoms with E-state index in [-0.39, 0.29) is 0 Å². The van der Waals surface area contributed by atoms with Gasteiger partial charge in [0.1, 0.15) is 0 Å². The Labute approximate surface area is 169 Å². The van der Waals surface area contributed by atoms with Gasteiger partial charge in [0.25, 0.3) is 0 Å². The maximum Gasteiger partial charge on any atom is 0.249 e. The predicted molar refractivity (Wildman–Crippen MR) is 111 cm³/mol. The lowest BCUT2D eigenvalue weighted by Gasteiger charge is -2.11. The van der Waals surface area contributed by atoms with Crippen molar-refractivity contribution < 1.29 is 9.47 Å². The summed E-state index contributed by atoms with van der Waals surface area (Å²) in [6, 6.07) is 11.5. The largest absolute Gasteiger partial charge is 0.493 e. The van der Waals surface area contributed by atoms with Gasteiger partial charge >= 0.3 is 0 Å². The third-order valence-electron chi connectivity index (χ3n) is 4.17. The Kier molecular flexibility index (Phi) is 6.49. The number of nitrogens with zero attached hydrogens (tertiary/aromatic N) is 3. The van der Waals surface area contributed by atoms with Crippen LogP contribution in [0.3, 0.4) is 0 Å². The van der Waals surface area contributed by atoms with Gasteiger partial charge in [0, 0.05) is 17.3 Å². The van der Waals surface area contributed by atoms with Gasteiger partial charge in [-0.1, -0.05) is 23.7 Å². The summed E-state index contributed by atoms with van der Waals surface area (Å²) in [7, 11) is 3.25. The summed E-state index contributed by atoms with van der Waals surface area (Å²) < 4.78 is 10.6. The highest BCUT2D eigenvalue weighted by Crippen LogP contribution is 2.27. The number of ether oxygens (including phenoxy) is 2. The summed E-state index contributed by atoms with van der Waals surface area (Å²) in [5.74, 6) is 2.47. The van der Waals surface area contributed by atoms with Crippen LogP contribution in [0.15, 0.2) is 42.6 Å². The number of nitrogens with one attached hydrogen (secondary N) is 2. The second kappa shape index (κ2) is 9.23. The van der Waals surface area contributed by atoms with Crippen LogP contribution in [-0.2, 0) is 6.42 Å². The molecule has 146 valence electrons. The second-order valence-corrected chi connectivity index (χ2v) is 6.55. The Balaban J connectivity index is 1.61. The second-order valence-electron chi connectivity index (χ2n) is 6.12. The van der Waals surface area contributed by atoms with Crippen LogP contribution in [-0.4, -0.2) is 35.9 Å². The monoisotopic (exact) mass is 399 g/mol. The summed E-state index contributed by atoms with van der Waals surface area (Å²) in [6.07, 6.45) is 2.38. The lowest BCUT2D eigenvalue weighted by atomic mass is 10.1. The molecule has 3 rings (SSSR count). The smallest absolute Gasteiger partial charge is 0.249 e. The fourth-order valence-corrected chi connectivity index (χ4v) is 2.83. The summed E-state index contributed by atoms with van der Waals surface area (Å²) in [4.78, 5) is 4.45. The first-order chi connectivity index (χ1) is 13.6. The third kappa shape index (κ3) is 5.01. The minimum atomic E-state index is 0.404. The van der Waals surface area contributed by atoms with E-state index in [2.05, 4.69) is 25.8 Å². The first-order valence-corrected chi connectivity index (χ1v) is 9.14. The van der Waals surface area contributed by atoms with Crippen LogP contribution in [0.2, 0.25) is 5.02 Å². The molecule has 0 saturated carbocycles. The number of rotatable bonds is 8. The van der Waals surface area contributed by atoms with Crippen LogP contribution in [0.25, 0.3) is 0 Å². The lowest BCUT2D eigenvalue weighted by molar-refractivity contribution is 0.354. The van der Waals surface area contributed by atoms with E-state index in [4.69, 9.17) is 21.1 Å². The molecule has 0 atom stereocenters. The van der Waals surface area contributed by atoms with Crippen LogP contribution in [0.5, 0.6) is 11.5 Å². The molecule has 0 aliphatic heterocycles. The van der Waals surface area contributed by atoms with Crippen molar-refractivity contribution in [3.63, 3.8) is 0 Å². The van der Waals surface area contributed by atoms with Crippen molar-refractivity contribution in [3.05, 3.63) is 58.7 Å². The standard InChI is InChI=1S/C20H22ClN5O2/c1-13-4-6-15(21)11-16(13)24-20-25-19(12-23-26-20)22-9-8-14-5-7-17(27-2)18(10-14)28-3/h4-7,10-12H,8-9H2,1-3H3,(H2,22,24,25,26). The van der Waals surface area contributed by atoms with Crippen LogP contribution >= 0.6 is 11.6 Å². The first-order valence-electron chi connectivity index (χ1n) is 8.76. The molecule has 1 aromatic heterocycles. The average Bonchev–Trinajstić information content (AvgIpc) is 2.71. The first kappa shape index (κ1) is 19.7. The highest BCUT2D eigenvalue weighted by molar-refractivity contribution is 6.30. The summed E-state index contributed by atoms with van der Waals surface area (Å²) >= 11 is 6.06. The Morgan fingerprint density at radius 3 is 2.64 bits per heavy atom.